The van der Waals surface area contributed by atoms with Crippen LogP contribution in [-0.4, -0.2) is 66.2 Å². The zero-order chi connectivity index (χ0) is 32.4. The summed E-state index contributed by atoms with van der Waals surface area (Å²) < 4.78 is 0. The Balaban J connectivity index is 1.10. The third-order valence-corrected chi connectivity index (χ3v) is 13.1. The zero-order valence-corrected chi connectivity index (χ0v) is 28.2. The van der Waals surface area contributed by atoms with Gasteiger partial charge < -0.3 is 20.6 Å². The number of carbonyl (C=O) groups is 4. The molecule has 5 aliphatic rings. The van der Waals surface area contributed by atoms with Gasteiger partial charge in [0.2, 0.25) is 23.4 Å². The first-order chi connectivity index (χ1) is 21.5. The summed E-state index contributed by atoms with van der Waals surface area (Å²) >= 11 is 0. The van der Waals surface area contributed by atoms with Crippen LogP contribution in [0.15, 0.2) is 23.4 Å². The highest BCUT2D eigenvalue weighted by molar-refractivity contribution is 6.46. The summed E-state index contributed by atoms with van der Waals surface area (Å²) in [6.45, 7) is 8.18. The molecule has 8 nitrogen and oxygen atoms in total. The van der Waals surface area contributed by atoms with Crippen LogP contribution < -0.4 is 10.6 Å². The molecule has 1 unspecified atom stereocenters. The van der Waals surface area contributed by atoms with Gasteiger partial charge in [-0.3, -0.25) is 19.2 Å². The molecule has 4 saturated carbocycles. The summed E-state index contributed by atoms with van der Waals surface area (Å²) in [5, 5.41) is 16.0. The molecule has 4 fully saturated rings. The number of amides is 2. The van der Waals surface area contributed by atoms with E-state index in [4.69, 9.17) is 0 Å². The SMILES string of the molecule is CCCN(CC(=O)NC)C1=CC(=O)C(=O)C=C1CCNC(=O)CCC[C@H]1CC[C@H]2[C@@H]3CC[C@@H]4C[C@H](O)CC[C@]4(C)C3CC[C@]12C. The number of ketones is 2. The van der Waals surface area contributed by atoms with Crippen molar-refractivity contribution in [2.75, 3.05) is 26.7 Å². The predicted molar refractivity (Wildman–Crippen MR) is 175 cm³/mol. The van der Waals surface area contributed by atoms with Crippen LogP contribution in [0.4, 0.5) is 0 Å². The van der Waals surface area contributed by atoms with Crippen LogP contribution in [0.5, 0.6) is 0 Å². The first kappa shape index (κ1) is 33.9. The van der Waals surface area contributed by atoms with Gasteiger partial charge in [0.1, 0.15) is 0 Å². The number of nitrogens with one attached hydrogen (secondary N) is 2. The third-order valence-electron chi connectivity index (χ3n) is 13.1. The Morgan fingerprint density at radius 1 is 0.956 bits per heavy atom. The van der Waals surface area contributed by atoms with E-state index in [2.05, 4.69) is 24.5 Å². The van der Waals surface area contributed by atoms with E-state index in [0.29, 0.717) is 59.9 Å². The number of carbonyl (C=O) groups excluding carboxylic acids is 4. The molecule has 2 amide bonds. The number of aliphatic hydroxyl groups excluding tert-OH is 1. The van der Waals surface area contributed by atoms with Crippen molar-refractivity contribution in [3.63, 3.8) is 0 Å². The van der Waals surface area contributed by atoms with Crippen LogP contribution in [0.1, 0.15) is 111 Å². The molecule has 3 N–H and O–H groups in total. The van der Waals surface area contributed by atoms with Crippen molar-refractivity contribution in [1.82, 2.24) is 15.5 Å². The van der Waals surface area contributed by atoms with Gasteiger partial charge in [0, 0.05) is 38.3 Å². The van der Waals surface area contributed by atoms with Crippen molar-refractivity contribution < 1.29 is 24.3 Å². The lowest BCUT2D eigenvalue weighted by molar-refractivity contribution is -0.131. The van der Waals surface area contributed by atoms with Gasteiger partial charge in [0.05, 0.1) is 12.6 Å². The zero-order valence-electron chi connectivity index (χ0n) is 28.2. The second kappa shape index (κ2) is 14.1. The van der Waals surface area contributed by atoms with Gasteiger partial charge in [0.15, 0.2) is 0 Å². The van der Waals surface area contributed by atoms with Crippen molar-refractivity contribution in [2.24, 2.45) is 40.4 Å². The molecule has 45 heavy (non-hydrogen) atoms. The van der Waals surface area contributed by atoms with E-state index in [1.165, 1.54) is 57.1 Å². The van der Waals surface area contributed by atoms with Crippen molar-refractivity contribution in [3.05, 3.63) is 23.4 Å². The number of likely N-dealkylation sites (N-methyl/N-ethyl adjacent to an activating group) is 1. The molecule has 0 spiro atoms. The van der Waals surface area contributed by atoms with Crippen LogP contribution in [-0.2, 0) is 19.2 Å². The second-order valence-corrected chi connectivity index (χ2v) is 15.4. The fourth-order valence-electron chi connectivity index (χ4n) is 10.6. The molecule has 0 radical (unpaired) electrons. The number of aliphatic hydroxyl groups is 1. The molecule has 8 atom stereocenters. The van der Waals surface area contributed by atoms with Gasteiger partial charge >= 0.3 is 0 Å². The summed E-state index contributed by atoms with van der Waals surface area (Å²) in [6, 6.07) is 0. The highest BCUT2D eigenvalue weighted by Crippen LogP contribution is 2.67. The summed E-state index contributed by atoms with van der Waals surface area (Å²) in [5.74, 6) is 2.55. The lowest BCUT2D eigenvalue weighted by Gasteiger charge is -2.61. The maximum absolute atomic E-state index is 12.9. The normalized spacial score (nSPS) is 35.8. The molecule has 0 aromatic rings. The molecule has 5 rings (SSSR count). The smallest absolute Gasteiger partial charge is 0.239 e. The Morgan fingerprint density at radius 3 is 2.44 bits per heavy atom. The van der Waals surface area contributed by atoms with E-state index in [1.807, 2.05) is 11.8 Å². The van der Waals surface area contributed by atoms with Gasteiger partial charge in [0.25, 0.3) is 0 Å². The van der Waals surface area contributed by atoms with Gasteiger partial charge in [-0.15, -0.1) is 0 Å². The van der Waals surface area contributed by atoms with Gasteiger partial charge in [-0.05, 0) is 136 Å². The summed E-state index contributed by atoms with van der Waals surface area (Å²) in [7, 11) is 1.58. The van der Waals surface area contributed by atoms with Crippen molar-refractivity contribution in [1.29, 1.82) is 0 Å². The molecule has 0 aromatic heterocycles. The molecular formula is C37H57N3O5. The largest absolute Gasteiger partial charge is 0.393 e. The minimum absolute atomic E-state index is 0.0317. The predicted octanol–water partition coefficient (Wildman–Crippen LogP) is 5.10. The quantitative estimate of drug-likeness (QED) is 0.206. The van der Waals surface area contributed by atoms with Crippen molar-refractivity contribution >= 4 is 23.4 Å². The van der Waals surface area contributed by atoms with E-state index in [-0.39, 0.29) is 24.5 Å². The Morgan fingerprint density at radius 2 is 1.69 bits per heavy atom. The Kier molecular flexibility index (Phi) is 10.6. The number of allylic oxidation sites excluding steroid dienone is 3. The number of fused-ring (bicyclic) bond motifs is 5. The monoisotopic (exact) mass is 623 g/mol. The molecule has 0 bridgehead atoms. The van der Waals surface area contributed by atoms with Crippen LogP contribution >= 0.6 is 0 Å². The minimum atomic E-state index is -0.581. The average molecular weight is 624 g/mol. The number of rotatable bonds is 12. The van der Waals surface area contributed by atoms with Crippen LogP contribution in [0.2, 0.25) is 0 Å². The maximum atomic E-state index is 12.9. The molecule has 0 heterocycles. The minimum Gasteiger partial charge on any atom is -0.393 e. The maximum Gasteiger partial charge on any atom is 0.239 e. The Hall–Kier alpha value is -2.48. The van der Waals surface area contributed by atoms with Gasteiger partial charge in [-0.25, -0.2) is 0 Å². The molecule has 0 aromatic carbocycles. The molecular weight excluding hydrogens is 566 g/mol. The average Bonchev–Trinajstić information content (AvgIpc) is 3.35. The molecule has 250 valence electrons. The lowest BCUT2D eigenvalue weighted by atomic mass is 9.44. The van der Waals surface area contributed by atoms with Gasteiger partial charge in [-0.2, -0.15) is 0 Å². The summed E-state index contributed by atoms with van der Waals surface area (Å²) in [5.41, 5.74) is 2.07. The fraction of sp³-hybridized carbons (Fsp3) is 0.784. The van der Waals surface area contributed by atoms with Gasteiger partial charge in [-0.1, -0.05) is 20.8 Å². The van der Waals surface area contributed by atoms with Crippen LogP contribution in [0, 0.1) is 40.4 Å². The third kappa shape index (κ3) is 6.96. The Bertz CT molecular complexity index is 1210. The lowest BCUT2D eigenvalue weighted by Crippen LogP contribution is -2.53. The van der Waals surface area contributed by atoms with E-state index in [9.17, 15) is 24.3 Å². The number of nitrogens with zero attached hydrogens (tertiary/aromatic N) is 1. The Labute approximate surface area is 270 Å². The number of hydrogen-bond acceptors (Lipinski definition) is 6. The van der Waals surface area contributed by atoms with Crippen molar-refractivity contribution in [3.8, 4) is 0 Å². The number of hydrogen-bond donors (Lipinski definition) is 3. The highest BCUT2D eigenvalue weighted by atomic mass is 16.3. The topological polar surface area (TPSA) is 116 Å². The fourth-order valence-corrected chi connectivity index (χ4v) is 10.6. The highest BCUT2D eigenvalue weighted by Gasteiger charge is 2.59. The van der Waals surface area contributed by atoms with E-state index >= 15 is 0 Å². The first-order valence-corrected chi connectivity index (χ1v) is 17.9. The molecule has 8 heteroatoms. The summed E-state index contributed by atoms with van der Waals surface area (Å²) in [4.78, 5) is 51.2. The van der Waals surface area contributed by atoms with E-state index in [0.717, 1.165) is 49.9 Å². The second-order valence-electron chi connectivity index (χ2n) is 15.4. The molecule has 0 saturated heterocycles. The summed E-state index contributed by atoms with van der Waals surface area (Å²) in [6.07, 6.45) is 17.4. The van der Waals surface area contributed by atoms with Crippen LogP contribution in [0.25, 0.3) is 0 Å². The molecule has 5 aliphatic carbocycles. The standard InChI is InChI=1S/C37H57N3O5/c1-5-19-40(23-35(45)38-4)31-22-33(43)32(42)20-24(31)15-18-39-34(44)8-6-7-25-10-12-29-28-11-9-26-21-27(41)13-16-37(26,3)30(28)14-17-36(25,29)2/h20,22,25-30,41H,5-19,21,23H2,1-4H3,(H,38,45)(H,39,44)/t25-,26+,27+,28-,29-,30?,36+,37-/m0/s1. The van der Waals surface area contributed by atoms with Crippen molar-refractivity contribution in [2.45, 2.75) is 117 Å². The van der Waals surface area contributed by atoms with E-state index in [1.54, 1.807) is 7.05 Å². The molecule has 0 aliphatic heterocycles. The van der Waals surface area contributed by atoms with E-state index < -0.39 is 11.6 Å². The first-order valence-electron chi connectivity index (χ1n) is 17.9. The van der Waals surface area contributed by atoms with Crippen LogP contribution in [0.3, 0.4) is 0 Å².